The molecule has 0 bridgehead atoms. The van der Waals surface area contributed by atoms with E-state index in [2.05, 4.69) is 10.6 Å². The van der Waals surface area contributed by atoms with Gasteiger partial charge in [0.25, 0.3) is 0 Å². The molecular weight excluding hydrogens is 256 g/mol. The summed E-state index contributed by atoms with van der Waals surface area (Å²) >= 11 is 1.84. The number of carbonyl (C=O) groups excluding carboxylic acids is 1. The van der Waals surface area contributed by atoms with Crippen LogP contribution in [0, 0.1) is 0 Å². The third kappa shape index (κ3) is 3.27. The topological polar surface area (TPSA) is 41.1 Å². The van der Waals surface area contributed by atoms with E-state index in [0.717, 1.165) is 31.6 Å². The van der Waals surface area contributed by atoms with Gasteiger partial charge in [0.2, 0.25) is 5.91 Å². The first-order chi connectivity index (χ1) is 9.27. The molecule has 2 aliphatic heterocycles. The van der Waals surface area contributed by atoms with Crippen molar-refractivity contribution in [3.8, 4) is 0 Å². The zero-order chi connectivity index (χ0) is 13.1. The smallest absolute Gasteiger partial charge is 0.233 e. The van der Waals surface area contributed by atoms with E-state index in [0.29, 0.717) is 17.5 Å². The van der Waals surface area contributed by atoms with Crippen LogP contribution in [0.5, 0.6) is 0 Å². The second-order valence-electron chi connectivity index (χ2n) is 6.47. The van der Waals surface area contributed by atoms with Crippen molar-refractivity contribution in [1.82, 2.24) is 10.6 Å². The second kappa shape index (κ2) is 6.04. The van der Waals surface area contributed by atoms with E-state index in [9.17, 15) is 4.79 Å². The molecule has 19 heavy (non-hydrogen) atoms. The molecule has 3 nitrogen and oxygen atoms in total. The number of piperidine rings is 1. The molecule has 2 unspecified atom stereocenters. The van der Waals surface area contributed by atoms with Gasteiger partial charge in [0, 0.05) is 11.6 Å². The number of rotatable bonds is 2. The molecule has 2 saturated heterocycles. The Bertz CT molecular complexity index is 317. The fraction of sp³-hybridized carbons (Fsp3) is 0.933. The van der Waals surface area contributed by atoms with Crippen LogP contribution in [0.3, 0.4) is 0 Å². The van der Waals surface area contributed by atoms with Crippen molar-refractivity contribution >= 4 is 17.7 Å². The van der Waals surface area contributed by atoms with Crippen LogP contribution in [0.2, 0.25) is 0 Å². The fourth-order valence-corrected chi connectivity index (χ4v) is 5.14. The summed E-state index contributed by atoms with van der Waals surface area (Å²) in [4.78, 5) is 12.2. The van der Waals surface area contributed by atoms with Crippen LogP contribution < -0.4 is 10.6 Å². The van der Waals surface area contributed by atoms with E-state index < -0.39 is 0 Å². The van der Waals surface area contributed by atoms with E-state index in [-0.39, 0.29) is 5.25 Å². The number of amides is 1. The molecule has 1 saturated carbocycles. The summed E-state index contributed by atoms with van der Waals surface area (Å²) in [6.45, 7) is 1.07. The predicted octanol–water partition coefficient (Wildman–Crippen LogP) is 2.45. The Morgan fingerprint density at radius 1 is 1.16 bits per heavy atom. The number of nitrogens with one attached hydrogen (secondary N) is 2. The van der Waals surface area contributed by atoms with Gasteiger partial charge >= 0.3 is 0 Å². The molecule has 1 aliphatic carbocycles. The standard InChI is InChI=1S/C15H26N2OS/c18-14(13-5-4-10-19-13)17-12-6-9-16-15(11-12)7-2-1-3-8-15/h12-13,16H,1-11H2,(H,17,18). The number of thioether (sulfide) groups is 1. The Kier molecular flexibility index (Phi) is 4.37. The minimum atomic E-state index is 0.234. The molecule has 4 heteroatoms. The van der Waals surface area contributed by atoms with Crippen molar-refractivity contribution in [2.24, 2.45) is 0 Å². The Balaban J connectivity index is 1.54. The average Bonchev–Trinajstić information content (AvgIpc) is 2.93. The molecule has 2 atom stereocenters. The molecular formula is C15H26N2OS. The van der Waals surface area contributed by atoms with Crippen LogP contribution in [0.25, 0.3) is 0 Å². The highest BCUT2D eigenvalue weighted by atomic mass is 32.2. The van der Waals surface area contributed by atoms with Gasteiger partial charge in [-0.25, -0.2) is 0 Å². The Labute approximate surface area is 120 Å². The molecule has 3 fully saturated rings. The monoisotopic (exact) mass is 282 g/mol. The minimum Gasteiger partial charge on any atom is -0.352 e. The summed E-state index contributed by atoms with van der Waals surface area (Å²) in [5.74, 6) is 1.47. The van der Waals surface area contributed by atoms with Crippen molar-refractivity contribution < 1.29 is 4.79 Å². The summed E-state index contributed by atoms with van der Waals surface area (Å²) in [5, 5.41) is 7.32. The van der Waals surface area contributed by atoms with Crippen LogP contribution >= 0.6 is 11.8 Å². The third-order valence-electron chi connectivity index (χ3n) is 5.01. The zero-order valence-corrected chi connectivity index (χ0v) is 12.6. The normalized spacial score (nSPS) is 34.3. The van der Waals surface area contributed by atoms with Crippen LogP contribution in [0.4, 0.5) is 0 Å². The number of carbonyl (C=O) groups is 1. The largest absolute Gasteiger partial charge is 0.352 e. The molecule has 0 radical (unpaired) electrons. The molecule has 3 aliphatic rings. The molecule has 0 aromatic carbocycles. The van der Waals surface area contributed by atoms with Gasteiger partial charge in [-0.15, -0.1) is 11.8 Å². The van der Waals surface area contributed by atoms with Crippen LogP contribution in [0.1, 0.15) is 57.8 Å². The molecule has 108 valence electrons. The maximum Gasteiger partial charge on any atom is 0.233 e. The highest BCUT2D eigenvalue weighted by Gasteiger charge is 2.38. The van der Waals surface area contributed by atoms with Gasteiger partial charge in [-0.2, -0.15) is 0 Å². The lowest BCUT2D eigenvalue weighted by Gasteiger charge is -2.45. The zero-order valence-electron chi connectivity index (χ0n) is 11.7. The maximum atomic E-state index is 12.2. The van der Waals surface area contributed by atoms with Crippen molar-refractivity contribution in [1.29, 1.82) is 0 Å². The van der Waals surface area contributed by atoms with Gasteiger partial charge in [0.05, 0.1) is 5.25 Å². The lowest BCUT2D eigenvalue weighted by Crippen LogP contribution is -2.57. The highest BCUT2D eigenvalue weighted by molar-refractivity contribution is 8.00. The average molecular weight is 282 g/mol. The van der Waals surface area contributed by atoms with Gasteiger partial charge in [-0.05, 0) is 50.8 Å². The summed E-state index contributed by atoms with van der Waals surface area (Å²) in [6, 6.07) is 0.410. The third-order valence-corrected chi connectivity index (χ3v) is 6.39. The van der Waals surface area contributed by atoms with Gasteiger partial charge < -0.3 is 10.6 Å². The first kappa shape index (κ1) is 13.7. The van der Waals surface area contributed by atoms with E-state index in [1.54, 1.807) is 0 Å². The molecule has 2 N–H and O–H groups in total. The maximum absolute atomic E-state index is 12.2. The number of hydrogen-bond donors (Lipinski definition) is 2. The lowest BCUT2D eigenvalue weighted by molar-refractivity contribution is -0.121. The van der Waals surface area contributed by atoms with Crippen LogP contribution in [0.15, 0.2) is 0 Å². The predicted molar refractivity (Wildman–Crippen MR) is 80.5 cm³/mol. The summed E-state index contributed by atoms with van der Waals surface area (Å²) in [7, 11) is 0. The molecule has 3 rings (SSSR count). The van der Waals surface area contributed by atoms with Crippen molar-refractivity contribution in [2.45, 2.75) is 74.6 Å². The first-order valence-corrected chi connectivity index (χ1v) is 8.99. The summed E-state index contributed by atoms with van der Waals surface area (Å²) in [6.07, 6.45) is 11.2. The fourth-order valence-electron chi connectivity index (χ4n) is 3.97. The SMILES string of the molecule is O=C(NC1CCNC2(CCCCC2)C1)C1CCCS1. The van der Waals surface area contributed by atoms with E-state index in [4.69, 9.17) is 0 Å². The van der Waals surface area contributed by atoms with Crippen molar-refractivity contribution in [2.75, 3.05) is 12.3 Å². The first-order valence-electron chi connectivity index (χ1n) is 7.94. The quantitative estimate of drug-likeness (QED) is 0.817. The van der Waals surface area contributed by atoms with Gasteiger partial charge in [-0.3, -0.25) is 4.79 Å². The van der Waals surface area contributed by atoms with Crippen molar-refractivity contribution in [3.63, 3.8) is 0 Å². The number of hydrogen-bond acceptors (Lipinski definition) is 3. The van der Waals surface area contributed by atoms with Gasteiger partial charge in [0.1, 0.15) is 0 Å². The second-order valence-corrected chi connectivity index (χ2v) is 7.78. The Morgan fingerprint density at radius 2 is 2.00 bits per heavy atom. The van der Waals surface area contributed by atoms with E-state index in [1.165, 1.54) is 38.5 Å². The van der Waals surface area contributed by atoms with E-state index >= 15 is 0 Å². The van der Waals surface area contributed by atoms with Crippen molar-refractivity contribution in [3.05, 3.63) is 0 Å². The molecule has 2 heterocycles. The van der Waals surface area contributed by atoms with Gasteiger partial charge in [-0.1, -0.05) is 19.3 Å². The van der Waals surface area contributed by atoms with Crippen LogP contribution in [-0.2, 0) is 4.79 Å². The molecule has 1 spiro atoms. The van der Waals surface area contributed by atoms with E-state index in [1.807, 2.05) is 11.8 Å². The Morgan fingerprint density at radius 3 is 2.74 bits per heavy atom. The lowest BCUT2D eigenvalue weighted by atomic mass is 9.75. The summed E-state index contributed by atoms with van der Waals surface area (Å²) in [5.41, 5.74) is 0.345. The summed E-state index contributed by atoms with van der Waals surface area (Å²) < 4.78 is 0. The molecule has 1 amide bonds. The molecule has 0 aromatic heterocycles. The minimum absolute atomic E-state index is 0.234. The highest BCUT2D eigenvalue weighted by Crippen LogP contribution is 2.35. The Hall–Kier alpha value is -0.220. The molecule has 0 aromatic rings. The van der Waals surface area contributed by atoms with Crippen LogP contribution in [-0.4, -0.2) is 35.0 Å². The van der Waals surface area contributed by atoms with Gasteiger partial charge in [0.15, 0.2) is 0 Å².